The first-order valence-corrected chi connectivity index (χ1v) is 14.0. The second-order valence-corrected chi connectivity index (χ2v) is 16.4. The fraction of sp³-hybridized carbons (Fsp3) is 1.00. The van der Waals surface area contributed by atoms with Crippen LogP contribution in [0.2, 0.25) is 32.7 Å². The van der Waals surface area contributed by atoms with E-state index in [4.69, 9.17) is 8.85 Å². The van der Waals surface area contributed by atoms with Crippen molar-refractivity contribution < 1.29 is 8.85 Å². The Morgan fingerprint density at radius 1 is 1.06 bits per heavy atom. The molecule has 5 heteroatoms. The molecule has 1 atom stereocenters. The molecule has 0 aromatic carbocycles. The number of rotatable bonds is 6. The van der Waals surface area contributed by atoms with Crippen LogP contribution in [0.3, 0.4) is 0 Å². The van der Waals surface area contributed by atoms with Gasteiger partial charge in [0.1, 0.15) is 0 Å². The molecule has 0 rings (SSSR count). The molecule has 0 saturated heterocycles. The van der Waals surface area contributed by atoms with Crippen LogP contribution in [0.5, 0.6) is 0 Å². The van der Waals surface area contributed by atoms with Gasteiger partial charge in [0.15, 0.2) is 8.32 Å². The Hall–Kier alpha value is 0.571. The lowest BCUT2D eigenvalue weighted by Gasteiger charge is -2.40. The van der Waals surface area contributed by atoms with E-state index in [1.54, 1.807) is 0 Å². The van der Waals surface area contributed by atoms with Gasteiger partial charge in [0.2, 0.25) is 9.04 Å². The molecular formula is C11H30O2Si3. The average molecular weight is 279 g/mol. The molecule has 0 fully saturated rings. The molecule has 0 aromatic rings. The Kier molecular flexibility index (Phi) is 5.67. The Morgan fingerprint density at radius 3 is 1.81 bits per heavy atom. The van der Waals surface area contributed by atoms with Crippen molar-refractivity contribution in [3.8, 4) is 0 Å². The molecule has 0 amide bonds. The summed E-state index contributed by atoms with van der Waals surface area (Å²) < 4.78 is 12.6. The van der Waals surface area contributed by atoms with E-state index in [9.17, 15) is 0 Å². The van der Waals surface area contributed by atoms with Gasteiger partial charge in [0, 0.05) is 5.22 Å². The van der Waals surface area contributed by atoms with E-state index in [2.05, 4.69) is 60.4 Å². The predicted octanol–water partition coefficient (Wildman–Crippen LogP) is 2.48. The largest absolute Gasteiger partial charge is 0.416 e. The minimum Gasteiger partial charge on any atom is -0.416 e. The van der Waals surface area contributed by atoms with Crippen LogP contribution in [0.15, 0.2) is 0 Å². The highest BCUT2D eigenvalue weighted by Gasteiger charge is 2.37. The van der Waals surface area contributed by atoms with Crippen LogP contribution in [-0.4, -0.2) is 37.3 Å². The molecule has 0 radical (unpaired) electrons. The lowest BCUT2D eigenvalue weighted by molar-refractivity contribution is 0.117. The van der Waals surface area contributed by atoms with Crippen molar-refractivity contribution in [2.75, 3.05) is 0 Å². The summed E-state index contributed by atoms with van der Waals surface area (Å²) in [6.07, 6.45) is 0. The lowest BCUT2D eigenvalue weighted by Crippen LogP contribution is -2.53. The zero-order valence-corrected chi connectivity index (χ0v) is 16.2. The summed E-state index contributed by atoms with van der Waals surface area (Å²) in [6.45, 7) is 20.2. The Morgan fingerprint density at radius 2 is 1.50 bits per heavy atom. The number of hydrogen-bond donors (Lipinski definition) is 0. The third kappa shape index (κ3) is 6.34. The quantitative estimate of drug-likeness (QED) is 0.695. The summed E-state index contributed by atoms with van der Waals surface area (Å²) in [4.78, 5) is 0. The van der Waals surface area contributed by atoms with Crippen LogP contribution in [0.1, 0.15) is 27.7 Å². The highest BCUT2D eigenvalue weighted by molar-refractivity contribution is 6.71. The Labute approximate surface area is 107 Å². The first kappa shape index (κ1) is 16.6. The first-order valence-electron chi connectivity index (χ1n) is 6.27. The van der Waals surface area contributed by atoms with Crippen molar-refractivity contribution in [2.45, 2.75) is 70.9 Å². The van der Waals surface area contributed by atoms with Gasteiger partial charge >= 0.3 is 0 Å². The summed E-state index contributed by atoms with van der Waals surface area (Å²) in [5.74, 6) is 0. The van der Waals surface area contributed by atoms with Gasteiger partial charge < -0.3 is 8.85 Å². The Bertz CT molecular complexity index is 222. The maximum Gasteiger partial charge on any atom is 0.203 e. The van der Waals surface area contributed by atoms with Gasteiger partial charge in [0.25, 0.3) is 0 Å². The molecule has 1 unspecified atom stereocenters. The molecule has 2 nitrogen and oxygen atoms in total. The first-order chi connectivity index (χ1) is 6.90. The van der Waals surface area contributed by atoms with E-state index in [0.29, 0.717) is 0 Å². The third-order valence-electron chi connectivity index (χ3n) is 2.90. The molecular weight excluding hydrogens is 248 g/mol. The third-order valence-corrected chi connectivity index (χ3v) is 9.54. The molecule has 0 aliphatic rings. The Balaban J connectivity index is 4.52. The summed E-state index contributed by atoms with van der Waals surface area (Å²) in [5, 5.41) is 0.0804. The van der Waals surface area contributed by atoms with Crippen LogP contribution in [0.25, 0.3) is 0 Å². The van der Waals surface area contributed by atoms with Gasteiger partial charge in [-0.1, -0.05) is 6.55 Å². The van der Waals surface area contributed by atoms with Gasteiger partial charge in [-0.05, 0) is 53.9 Å². The van der Waals surface area contributed by atoms with Gasteiger partial charge in [-0.15, -0.1) is 0 Å². The van der Waals surface area contributed by atoms with Crippen LogP contribution in [-0.2, 0) is 8.85 Å². The SMILES string of the molecule is C[SiH2]C(C)(C)O[SiH](C)C(C)(C)O[Si](C)(C)C. The molecule has 16 heavy (non-hydrogen) atoms. The van der Waals surface area contributed by atoms with E-state index in [1.165, 1.54) is 0 Å². The highest BCUT2D eigenvalue weighted by atomic mass is 28.4. The second kappa shape index (κ2) is 5.48. The predicted molar refractivity (Wildman–Crippen MR) is 81.1 cm³/mol. The fourth-order valence-corrected chi connectivity index (χ4v) is 7.54. The molecule has 0 N–H and O–H groups in total. The maximum atomic E-state index is 6.30. The monoisotopic (exact) mass is 278 g/mol. The standard InChI is InChI=1S/C11H30O2Si3/c1-10(2,14-5)12-15(6)11(3,4)13-16(7,8)9/h15H,14H2,1-9H3. The molecule has 0 heterocycles. The molecule has 0 saturated carbocycles. The minimum atomic E-state index is -1.47. The summed E-state index contributed by atoms with van der Waals surface area (Å²) in [6, 6.07) is 0. The topological polar surface area (TPSA) is 18.5 Å². The van der Waals surface area contributed by atoms with Crippen molar-refractivity contribution in [1.82, 2.24) is 0 Å². The molecule has 0 bridgehead atoms. The molecule has 0 spiro atoms. The van der Waals surface area contributed by atoms with E-state index >= 15 is 0 Å². The minimum absolute atomic E-state index is 0.0503. The van der Waals surface area contributed by atoms with Gasteiger partial charge in [-0.25, -0.2) is 0 Å². The molecule has 0 aliphatic heterocycles. The number of hydrogen-bond acceptors (Lipinski definition) is 2. The zero-order chi connectivity index (χ0) is 13.2. The smallest absolute Gasteiger partial charge is 0.203 e. The lowest BCUT2D eigenvalue weighted by atomic mass is 10.5. The normalized spacial score (nSPS) is 17.1. The van der Waals surface area contributed by atoms with E-state index in [1.807, 2.05) is 0 Å². The van der Waals surface area contributed by atoms with Crippen LogP contribution in [0, 0.1) is 0 Å². The van der Waals surface area contributed by atoms with Gasteiger partial charge in [0.05, 0.1) is 14.7 Å². The van der Waals surface area contributed by atoms with Crippen LogP contribution in [0.4, 0.5) is 0 Å². The average Bonchev–Trinajstić information content (AvgIpc) is 1.99. The second-order valence-electron chi connectivity index (χ2n) is 6.69. The van der Waals surface area contributed by atoms with Gasteiger partial charge in [-0.2, -0.15) is 0 Å². The van der Waals surface area contributed by atoms with Crippen LogP contribution >= 0.6 is 0 Å². The van der Waals surface area contributed by atoms with E-state index in [0.717, 1.165) is 0 Å². The summed E-state index contributed by atoms with van der Waals surface area (Å²) in [5.41, 5.74) is 0. The van der Waals surface area contributed by atoms with Crippen molar-refractivity contribution in [1.29, 1.82) is 0 Å². The van der Waals surface area contributed by atoms with E-state index in [-0.39, 0.29) is 20.0 Å². The zero-order valence-electron chi connectivity index (χ0n) is 12.6. The van der Waals surface area contributed by atoms with Crippen LogP contribution < -0.4 is 0 Å². The van der Waals surface area contributed by atoms with Crippen molar-refractivity contribution >= 4 is 26.9 Å². The maximum absolute atomic E-state index is 6.30. The molecule has 0 aliphatic carbocycles. The highest BCUT2D eigenvalue weighted by Crippen LogP contribution is 2.23. The van der Waals surface area contributed by atoms with Crippen molar-refractivity contribution in [2.24, 2.45) is 0 Å². The van der Waals surface area contributed by atoms with Gasteiger partial charge in [-0.3, -0.25) is 0 Å². The van der Waals surface area contributed by atoms with E-state index < -0.39 is 17.4 Å². The van der Waals surface area contributed by atoms with Crippen molar-refractivity contribution in [3.05, 3.63) is 0 Å². The molecule has 98 valence electrons. The molecule has 0 aromatic heterocycles. The fourth-order valence-electron chi connectivity index (χ4n) is 1.58. The summed E-state index contributed by atoms with van der Waals surface area (Å²) in [7, 11) is -2.91. The summed E-state index contributed by atoms with van der Waals surface area (Å²) >= 11 is 0. The van der Waals surface area contributed by atoms with Crippen molar-refractivity contribution in [3.63, 3.8) is 0 Å².